The Balaban J connectivity index is 1.58. The minimum Gasteiger partial charge on any atom is -0.489 e. The number of hydrogen-bond donors (Lipinski definition) is 1. The fourth-order valence-corrected chi connectivity index (χ4v) is 2.23. The predicted octanol–water partition coefficient (Wildman–Crippen LogP) is 3.22. The van der Waals surface area contributed by atoms with Crippen LogP contribution in [0, 0.1) is 0 Å². The standard InChI is InChI=1S/C18H19NO5/c1-12(2)24-15-6-4-3-5-14(15)19-18(20)10-21-13-7-8-16-17(9-13)23-11-22-16/h3-9,12H,10-11H2,1-2H3,(H,19,20). The molecule has 0 aromatic heterocycles. The fraction of sp³-hybridized carbons (Fsp3) is 0.278. The van der Waals surface area contributed by atoms with Crippen molar-refractivity contribution < 1.29 is 23.7 Å². The van der Waals surface area contributed by atoms with Gasteiger partial charge in [0.15, 0.2) is 18.1 Å². The highest BCUT2D eigenvalue weighted by molar-refractivity contribution is 5.93. The lowest BCUT2D eigenvalue weighted by molar-refractivity contribution is -0.118. The average molecular weight is 329 g/mol. The zero-order chi connectivity index (χ0) is 16.9. The highest BCUT2D eigenvalue weighted by Crippen LogP contribution is 2.35. The second kappa shape index (κ2) is 7.12. The van der Waals surface area contributed by atoms with Crippen molar-refractivity contribution >= 4 is 11.6 Å². The van der Waals surface area contributed by atoms with E-state index in [0.717, 1.165) is 0 Å². The van der Waals surface area contributed by atoms with E-state index in [-0.39, 0.29) is 25.4 Å². The number of fused-ring (bicyclic) bond motifs is 1. The van der Waals surface area contributed by atoms with Crippen molar-refractivity contribution in [3.63, 3.8) is 0 Å². The normalized spacial score (nSPS) is 12.1. The van der Waals surface area contributed by atoms with Crippen LogP contribution < -0.4 is 24.3 Å². The number of carbonyl (C=O) groups is 1. The van der Waals surface area contributed by atoms with Gasteiger partial charge >= 0.3 is 0 Å². The fourth-order valence-electron chi connectivity index (χ4n) is 2.23. The summed E-state index contributed by atoms with van der Waals surface area (Å²) in [6.45, 7) is 3.95. The molecule has 0 aliphatic carbocycles. The van der Waals surface area contributed by atoms with Crippen LogP contribution in [0.4, 0.5) is 5.69 Å². The van der Waals surface area contributed by atoms with Crippen LogP contribution in [0.1, 0.15) is 13.8 Å². The number of carbonyl (C=O) groups excluding carboxylic acids is 1. The summed E-state index contributed by atoms with van der Waals surface area (Å²) in [5, 5.41) is 2.79. The molecule has 1 heterocycles. The van der Waals surface area contributed by atoms with E-state index in [2.05, 4.69) is 5.32 Å². The molecule has 0 atom stereocenters. The lowest BCUT2D eigenvalue weighted by Crippen LogP contribution is -2.21. The molecule has 0 fully saturated rings. The molecule has 1 aliphatic heterocycles. The average Bonchev–Trinajstić information content (AvgIpc) is 3.02. The maximum atomic E-state index is 12.1. The van der Waals surface area contributed by atoms with Gasteiger partial charge in [-0.25, -0.2) is 0 Å². The molecule has 0 spiro atoms. The van der Waals surface area contributed by atoms with Gasteiger partial charge in [0, 0.05) is 6.07 Å². The van der Waals surface area contributed by atoms with Gasteiger partial charge in [-0.15, -0.1) is 0 Å². The molecular weight excluding hydrogens is 310 g/mol. The first-order valence-electron chi connectivity index (χ1n) is 7.70. The van der Waals surface area contributed by atoms with Gasteiger partial charge in [0.1, 0.15) is 11.5 Å². The van der Waals surface area contributed by atoms with Gasteiger partial charge in [0.25, 0.3) is 5.91 Å². The first-order valence-corrected chi connectivity index (χ1v) is 7.70. The Labute approximate surface area is 140 Å². The predicted molar refractivity (Wildman–Crippen MR) is 88.9 cm³/mol. The molecule has 0 radical (unpaired) electrons. The summed E-state index contributed by atoms with van der Waals surface area (Å²) in [6.07, 6.45) is 0.0212. The molecular formula is C18H19NO5. The third-order valence-electron chi connectivity index (χ3n) is 3.24. The Morgan fingerprint density at radius 3 is 2.79 bits per heavy atom. The number of nitrogens with one attached hydrogen (secondary N) is 1. The Morgan fingerprint density at radius 2 is 1.96 bits per heavy atom. The van der Waals surface area contributed by atoms with Crippen molar-refractivity contribution in [3.8, 4) is 23.0 Å². The quantitative estimate of drug-likeness (QED) is 0.881. The number of benzene rings is 2. The summed E-state index contributed by atoms with van der Waals surface area (Å²) >= 11 is 0. The zero-order valence-corrected chi connectivity index (χ0v) is 13.6. The SMILES string of the molecule is CC(C)Oc1ccccc1NC(=O)COc1ccc2c(c1)OCO2. The smallest absolute Gasteiger partial charge is 0.262 e. The summed E-state index contributed by atoms with van der Waals surface area (Å²) in [6, 6.07) is 12.5. The minimum atomic E-state index is -0.271. The van der Waals surface area contributed by atoms with Gasteiger partial charge in [-0.3, -0.25) is 4.79 Å². The van der Waals surface area contributed by atoms with Crippen LogP contribution in [0.2, 0.25) is 0 Å². The summed E-state index contributed by atoms with van der Waals surface area (Å²) < 4.78 is 21.7. The third kappa shape index (κ3) is 3.90. The lowest BCUT2D eigenvalue weighted by atomic mass is 10.3. The third-order valence-corrected chi connectivity index (χ3v) is 3.24. The Kier molecular flexibility index (Phi) is 4.74. The largest absolute Gasteiger partial charge is 0.489 e. The summed E-state index contributed by atoms with van der Waals surface area (Å²) in [4.78, 5) is 12.1. The van der Waals surface area contributed by atoms with Gasteiger partial charge < -0.3 is 24.3 Å². The number of hydrogen-bond acceptors (Lipinski definition) is 5. The molecule has 0 bridgehead atoms. The van der Waals surface area contributed by atoms with Crippen molar-refractivity contribution in [1.82, 2.24) is 0 Å². The van der Waals surface area contributed by atoms with E-state index >= 15 is 0 Å². The van der Waals surface area contributed by atoms with Gasteiger partial charge in [-0.1, -0.05) is 12.1 Å². The van der Waals surface area contributed by atoms with Crippen LogP contribution >= 0.6 is 0 Å². The van der Waals surface area contributed by atoms with Crippen LogP contribution in [0.25, 0.3) is 0 Å². The summed E-state index contributed by atoms with van der Waals surface area (Å²) in [5.41, 5.74) is 0.616. The number of rotatable bonds is 6. The molecule has 126 valence electrons. The molecule has 0 unspecified atom stereocenters. The zero-order valence-electron chi connectivity index (χ0n) is 13.6. The Morgan fingerprint density at radius 1 is 1.17 bits per heavy atom. The minimum absolute atomic E-state index is 0.0212. The molecule has 0 saturated carbocycles. The van der Waals surface area contributed by atoms with Crippen molar-refractivity contribution in [2.24, 2.45) is 0 Å². The van der Waals surface area contributed by atoms with E-state index in [1.807, 2.05) is 32.0 Å². The Bertz CT molecular complexity index is 729. The van der Waals surface area contributed by atoms with Crippen LogP contribution in [-0.2, 0) is 4.79 Å². The lowest BCUT2D eigenvalue weighted by Gasteiger charge is -2.15. The number of amides is 1. The topological polar surface area (TPSA) is 66.0 Å². The highest BCUT2D eigenvalue weighted by atomic mass is 16.7. The molecule has 3 rings (SSSR count). The number of ether oxygens (including phenoxy) is 4. The molecule has 2 aromatic rings. The molecule has 1 amide bonds. The molecule has 1 N–H and O–H groups in total. The van der Waals surface area contributed by atoms with Gasteiger partial charge in [-0.2, -0.15) is 0 Å². The molecule has 0 saturated heterocycles. The van der Waals surface area contributed by atoms with Gasteiger partial charge in [0.05, 0.1) is 11.8 Å². The van der Waals surface area contributed by atoms with Crippen LogP contribution in [0.5, 0.6) is 23.0 Å². The molecule has 24 heavy (non-hydrogen) atoms. The summed E-state index contributed by atoms with van der Waals surface area (Å²) in [5.74, 6) is 2.19. The first-order chi connectivity index (χ1) is 11.6. The van der Waals surface area contributed by atoms with Gasteiger partial charge in [0.2, 0.25) is 6.79 Å². The number of anilines is 1. The maximum absolute atomic E-state index is 12.1. The van der Waals surface area contributed by atoms with E-state index < -0.39 is 0 Å². The second-order valence-electron chi connectivity index (χ2n) is 5.51. The first kappa shape index (κ1) is 16.0. The monoisotopic (exact) mass is 329 g/mol. The van der Waals surface area contributed by atoms with Crippen LogP contribution in [0.3, 0.4) is 0 Å². The van der Waals surface area contributed by atoms with Crippen molar-refractivity contribution in [1.29, 1.82) is 0 Å². The van der Waals surface area contributed by atoms with E-state index in [1.54, 1.807) is 24.3 Å². The Hall–Kier alpha value is -2.89. The van der Waals surface area contributed by atoms with E-state index in [4.69, 9.17) is 18.9 Å². The molecule has 6 nitrogen and oxygen atoms in total. The molecule has 6 heteroatoms. The van der Waals surface area contributed by atoms with Crippen LogP contribution in [-0.4, -0.2) is 25.4 Å². The van der Waals surface area contributed by atoms with Crippen molar-refractivity contribution in [3.05, 3.63) is 42.5 Å². The molecule has 1 aliphatic rings. The van der Waals surface area contributed by atoms with Crippen LogP contribution in [0.15, 0.2) is 42.5 Å². The van der Waals surface area contributed by atoms with Crippen molar-refractivity contribution in [2.75, 3.05) is 18.7 Å². The van der Waals surface area contributed by atoms with Gasteiger partial charge in [-0.05, 0) is 38.1 Å². The second-order valence-corrected chi connectivity index (χ2v) is 5.51. The highest BCUT2D eigenvalue weighted by Gasteiger charge is 2.14. The summed E-state index contributed by atoms with van der Waals surface area (Å²) in [7, 11) is 0. The van der Waals surface area contributed by atoms with Crippen molar-refractivity contribution in [2.45, 2.75) is 20.0 Å². The van der Waals surface area contributed by atoms with E-state index in [9.17, 15) is 4.79 Å². The van der Waals surface area contributed by atoms with E-state index in [1.165, 1.54) is 0 Å². The number of para-hydroxylation sites is 2. The molecule has 2 aromatic carbocycles. The maximum Gasteiger partial charge on any atom is 0.262 e. The van der Waals surface area contributed by atoms with E-state index in [0.29, 0.717) is 28.7 Å².